The van der Waals surface area contributed by atoms with Crippen LogP contribution in [0.2, 0.25) is 0 Å². The summed E-state index contributed by atoms with van der Waals surface area (Å²) in [4.78, 5) is 6.77. The van der Waals surface area contributed by atoms with Crippen LogP contribution in [0.4, 0.5) is 5.82 Å². The Morgan fingerprint density at radius 2 is 2.16 bits per heavy atom. The molecule has 0 aromatic carbocycles. The standard InChI is InChI=1S/C15H22N4/c1-13(12-19-8-3-2-4-9-19)11-17-15-7-5-6-14(10-16)18-15/h5-7,13H,2-4,8-9,11-12H2,1H3,(H,17,18). The van der Waals surface area contributed by atoms with Gasteiger partial charge in [-0.1, -0.05) is 19.4 Å². The summed E-state index contributed by atoms with van der Waals surface area (Å²) in [6, 6.07) is 7.56. The van der Waals surface area contributed by atoms with E-state index in [0.29, 0.717) is 11.6 Å². The van der Waals surface area contributed by atoms with E-state index in [1.54, 1.807) is 6.07 Å². The average Bonchev–Trinajstić information content (AvgIpc) is 2.46. The van der Waals surface area contributed by atoms with Crippen molar-refractivity contribution in [3.8, 4) is 6.07 Å². The molecule has 0 bridgehead atoms. The number of hydrogen-bond donors (Lipinski definition) is 1. The van der Waals surface area contributed by atoms with Gasteiger partial charge in [-0.3, -0.25) is 0 Å². The number of nitriles is 1. The lowest BCUT2D eigenvalue weighted by atomic mass is 10.1. The molecular formula is C15H22N4. The van der Waals surface area contributed by atoms with E-state index in [0.717, 1.165) is 18.9 Å². The number of anilines is 1. The van der Waals surface area contributed by atoms with E-state index in [1.807, 2.05) is 12.1 Å². The number of nitrogens with zero attached hydrogens (tertiary/aromatic N) is 3. The Morgan fingerprint density at radius 3 is 2.89 bits per heavy atom. The molecule has 1 N–H and O–H groups in total. The van der Waals surface area contributed by atoms with E-state index in [1.165, 1.54) is 32.4 Å². The quantitative estimate of drug-likeness (QED) is 0.881. The van der Waals surface area contributed by atoms with Crippen LogP contribution in [0.15, 0.2) is 18.2 Å². The van der Waals surface area contributed by atoms with Gasteiger partial charge >= 0.3 is 0 Å². The van der Waals surface area contributed by atoms with Crippen LogP contribution in [0.5, 0.6) is 0 Å². The van der Waals surface area contributed by atoms with Gasteiger partial charge < -0.3 is 10.2 Å². The fraction of sp³-hybridized carbons (Fsp3) is 0.600. The van der Waals surface area contributed by atoms with Gasteiger partial charge in [0.05, 0.1) is 0 Å². The lowest BCUT2D eigenvalue weighted by molar-refractivity contribution is 0.204. The van der Waals surface area contributed by atoms with Gasteiger partial charge in [0.25, 0.3) is 0 Å². The molecule has 4 nitrogen and oxygen atoms in total. The molecule has 1 fully saturated rings. The van der Waals surface area contributed by atoms with Gasteiger partial charge in [0.15, 0.2) is 0 Å². The van der Waals surface area contributed by atoms with Crippen molar-refractivity contribution in [3.05, 3.63) is 23.9 Å². The minimum Gasteiger partial charge on any atom is -0.370 e. The van der Waals surface area contributed by atoms with Gasteiger partial charge in [-0.05, 0) is 44.0 Å². The lowest BCUT2D eigenvalue weighted by Crippen LogP contribution is -2.35. The van der Waals surface area contributed by atoms with Crippen LogP contribution in [0.1, 0.15) is 31.9 Å². The molecule has 1 aromatic rings. The van der Waals surface area contributed by atoms with Crippen LogP contribution in [0, 0.1) is 17.2 Å². The normalized spacial score (nSPS) is 17.7. The second-order valence-corrected chi connectivity index (χ2v) is 5.37. The number of piperidine rings is 1. The number of hydrogen-bond acceptors (Lipinski definition) is 4. The van der Waals surface area contributed by atoms with Crippen LogP contribution in [0.25, 0.3) is 0 Å². The predicted octanol–water partition coefficient (Wildman–Crippen LogP) is 2.49. The first kappa shape index (κ1) is 13.8. The third-order valence-corrected chi connectivity index (χ3v) is 3.51. The molecule has 4 heteroatoms. The van der Waals surface area contributed by atoms with Crippen molar-refractivity contribution in [1.29, 1.82) is 5.26 Å². The van der Waals surface area contributed by atoms with Crippen molar-refractivity contribution in [2.45, 2.75) is 26.2 Å². The third kappa shape index (κ3) is 4.53. The molecule has 19 heavy (non-hydrogen) atoms. The molecule has 1 aliphatic rings. The molecule has 0 aliphatic carbocycles. The summed E-state index contributed by atoms with van der Waals surface area (Å²) < 4.78 is 0. The van der Waals surface area contributed by atoms with Gasteiger partial charge in [-0.15, -0.1) is 0 Å². The van der Waals surface area contributed by atoms with Gasteiger partial charge in [0.1, 0.15) is 17.6 Å². The topological polar surface area (TPSA) is 52.0 Å². The first-order valence-corrected chi connectivity index (χ1v) is 7.11. The van der Waals surface area contributed by atoms with E-state index in [9.17, 15) is 0 Å². The SMILES string of the molecule is CC(CNc1cccc(C#N)n1)CN1CCCCC1. The van der Waals surface area contributed by atoms with Crippen molar-refractivity contribution in [1.82, 2.24) is 9.88 Å². The van der Waals surface area contributed by atoms with E-state index >= 15 is 0 Å². The van der Waals surface area contributed by atoms with Crippen molar-refractivity contribution in [2.24, 2.45) is 5.92 Å². The second-order valence-electron chi connectivity index (χ2n) is 5.37. The maximum Gasteiger partial charge on any atom is 0.142 e. The average molecular weight is 258 g/mol. The summed E-state index contributed by atoms with van der Waals surface area (Å²) >= 11 is 0. The van der Waals surface area contributed by atoms with Crippen LogP contribution >= 0.6 is 0 Å². The molecule has 0 spiro atoms. The molecule has 1 unspecified atom stereocenters. The fourth-order valence-electron chi connectivity index (χ4n) is 2.52. The van der Waals surface area contributed by atoms with Gasteiger partial charge in [-0.2, -0.15) is 5.26 Å². The van der Waals surface area contributed by atoms with Gasteiger partial charge in [0, 0.05) is 13.1 Å². The van der Waals surface area contributed by atoms with E-state index in [4.69, 9.17) is 5.26 Å². The van der Waals surface area contributed by atoms with Gasteiger partial charge in [-0.25, -0.2) is 4.98 Å². The molecule has 1 aliphatic heterocycles. The zero-order chi connectivity index (χ0) is 13.5. The highest BCUT2D eigenvalue weighted by atomic mass is 15.1. The molecule has 0 saturated carbocycles. The number of pyridine rings is 1. The first-order chi connectivity index (χ1) is 9.28. The molecular weight excluding hydrogens is 236 g/mol. The molecule has 0 radical (unpaired) electrons. The van der Waals surface area contributed by atoms with Crippen LogP contribution < -0.4 is 5.32 Å². The Hall–Kier alpha value is -1.60. The molecule has 2 heterocycles. The van der Waals surface area contributed by atoms with E-state index < -0.39 is 0 Å². The molecule has 1 atom stereocenters. The van der Waals surface area contributed by atoms with Crippen LogP contribution in [0.3, 0.4) is 0 Å². The molecule has 102 valence electrons. The number of aromatic nitrogens is 1. The highest BCUT2D eigenvalue weighted by Crippen LogP contribution is 2.11. The van der Waals surface area contributed by atoms with Crippen molar-refractivity contribution >= 4 is 5.82 Å². The fourth-order valence-corrected chi connectivity index (χ4v) is 2.52. The second kappa shape index (κ2) is 7.10. The highest BCUT2D eigenvalue weighted by Gasteiger charge is 2.13. The summed E-state index contributed by atoms with van der Waals surface area (Å²) in [6.45, 7) is 6.79. The summed E-state index contributed by atoms with van der Waals surface area (Å²) in [5.41, 5.74) is 0.466. The Bertz CT molecular complexity index is 432. The number of rotatable bonds is 5. The number of likely N-dealkylation sites (tertiary alicyclic amines) is 1. The Balaban J connectivity index is 1.76. The maximum absolute atomic E-state index is 8.81. The van der Waals surface area contributed by atoms with Crippen molar-refractivity contribution < 1.29 is 0 Å². The van der Waals surface area contributed by atoms with E-state index in [2.05, 4.69) is 28.2 Å². The van der Waals surface area contributed by atoms with Crippen LogP contribution in [-0.2, 0) is 0 Å². The zero-order valence-electron chi connectivity index (χ0n) is 11.6. The van der Waals surface area contributed by atoms with Crippen molar-refractivity contribution in [3.63, 3.8) is 0 Å². The van der Waals surface area contributed by atoms with E-state index in [-0.39, 0.29) is 0 Å². The summed E-state index contributed by atoms with van der Waals surface area (Å²) in [7, 11) is 0. The molecule has 2 rings (SSSR count). The summed E-state index contributed by atoms with van der Waals surface area (Å²) in [5, 5.41) is 12.1. The Labute approximate surface area is 115 Å². The molecule has 0 amide bonds. The maximum atomic E-state index is 8.81. The largest absolute Gasteiger partial charge is 0.370 e. The number of nitrogens with one attached hydrogen (secondary N) is 1. The molecule has 1 saturated heterocycles. The summed E-state index contributed by atoms with van der Waals surface area (Å²) in [6.07, 6.45) is 4.06. The van der Waals surface area contributed by atoms with Crippen LogP contribution in [-0.4, -0.2) is 36.1 Å². The monoisotopic (exact) mass is 258 g/mol. The summed E-state index contributed by atoms with van der Waals surface area (Å²) in [5.74, 6) is 1.38. The smallest absolute Gasteiger partial charge is 0.142 e. The Morgan fingerprint density at radius 1 is 1.37 bits per heavy atom. The Kier molecular flexibility index (Phi) is 5.17. The lowest BCUT2D eigenvalue weighted by Gasteiger charge is -2.29. The van der Waals surface area contributed by atoms with Crippen molar-refractivity contribution in [2.75, 3.05) is 31.5 Å². The predicted molar refractivity (Wildman–Crippen MR) is 76.9 cm³/mol. The minimum absolute atomic E-state index is 0.466. The minimum atomic E-state index is 0.466. The van der Waals surface area contributed by atoms with Gasteiger partial charge in [0.2, 0.25) is 0 Å². The zero-order valence-corrected chi connectivity index (χ0v) is 11.6. The third-order valence-electron chi connectivity index (χ3n) is 3.51. The highest BCUT2D eigenvalue weighted by molar-refractivity contribution is 5.38. The molecule has 1 aromatic heterocycles. The first-order valence-electron chi connectivity index (χ1n) is 7.11.